The number of aliphatic hydroxyl groups is 1. The Balaban J connectivity index is 0.000000161. The number of nitrogen functional groups attached to an aromatic ring is 1. The number of fused-ring (bicyclic) bond motifs is 5. The van der Waals surface area contributed by atoms with Gasteiger partial charge in [-0.15, -0.1) is 0 Å². The summed E-state index contributed by atoms with van der Waals surface area (Å²) in [4.78, 5) is 60.6. The summed E-state index contributed by atoms with van der Waals surface area (Å²) < 4.78 is 77.2. The molecule has 0 bridgehead atoms. The number of anilines is 1. The largest absolute Gasteiger partial charge is 0.457 e. The zero-order valence-electron chi connectivity index (χ0n) is 42.1. The van der Waals surface area contributed by atoms with Crippen LogP contribution in [0.5, 0.6) is 0 Å². The summed E-state index contributed by atoms with van der Waals surface area (Å²) in [6, 6.07) is 48.8. The van der Waals surface area contributed by atoms with E-state index in [0.29, 0.717) is 76.5 Å². The van der Waals surface area contributed by atoms with Crippen LogP contribution in [0.2, 0.25) is 0 Å². The maximum Gasteiger partial charge on any atom is 0.303 e. The highest BCUT2D eigenvalue weighted by molar-refractivity contribution is 9.09. The highest BCUT2D eigenvalue weighted by Gasteiger charge is 2.16. The van der Waals surface area contributed by atoms with Gasteiger partial charge < -0.3 is 20.0 Å². The van der Waals surface area contributed by atoms with Crippen LogP contribution >= 0.6 is 15.9 Å². The van der Waals surface area contributed by atoms with E-state index in [4.69, 9.17) is 15.3 Å². The molecule has 0 amide bonds. The molecule has 1 aromatic heterocycles. The molecule has 80 heavy (non-hydrogen) atoms. The van der Waals surface area contributed by atoms with Gasteiger partial charge in [0.1, 0.15) is 35.7 Å². The first kappa shape index (κ1) is 60.0. The molecule has 0 atom stereocenters. The zero-order valence-corrected chi connectivity index (χ0v) is 43.7. The number of esters is 1. The quantitative estimate of drug-likeness (QED) is 0.0614. The second kappa shape index (κ2) is 27.9. The van der Waals surface area contributed by atoms with Crippen LogP contribution in [-0.4, -0.2) is 57.7 Å². The molecule has 0 aliphatic rings. The molecule has 0 saturated carbocycles. The Morgan fingerprint density at radius 3 is 1.15 bits per heavy atom. The number of Topliss-reactive ketones (excluding diaryl/α,β-unsaturated/α-hetero) is 4. The van der Waals surface area contributed by atoms with E-state index in [1.165, 1.54) is 74.6 Å². The summed E-state index contributed by atoms with van der Waals surface area (Å²) in [5.41, 5.74) is 8.06. The smallest absolute Gasteiger partial charge is 0.303 e. The summed E-state index contributed by atoms with van der Waals surface area (Å²) in [5, 5.41) is 14.5. The van der Waals surface area contributed by atoms with E-state index in [-0.39, 0.29) is 71.8 Å². The van der Waals surface area contributed by atoms with Gasteiger partial charge in [-0.2, -0.15) is 0 Å². The van der Waals surface area contributed by atoms with Crippen LogP contribution < -0.4 is 5.73 Å². The predicted molar refractivity (Wildman–Crippen MR) is 307 cm³/mol. The molecular formula is C64H50BrF5N2O8. The van der Waals surface area contributed by atoms with Crippen LogP contribution in [0.25, 0.3) is 65.2 Å². The number of hydrogen-bond acceptors (Lipinski definition) is 10. The molecule has 10 nitrogen and oxygen atoms in total. The first-order valence-corrected chi connectivity index (χ1v) is 25.1. The summed E-state index contributed by atoms with van der Waals surface area (Å²) in [6.07, 6.45) is 1.54. The van der Waals surface area contributed by atoms with Crippen LogP contribution in [0.1, 0.15) is 62.7 Å². The van der Waals surface area contributed by atoms with E-state index in [1.807, 2.05) is 12.1 Å². The summed E-state index contributed by atoms with van der Waals surface area (Å²) in [6.45, 7) is 1.83. The maximum absolute atomic E-state index is 13.6. The second-order valence-electron chi connectivity index (χ2n) is 17.2. The normalized spacial score (nSPS) is 10.4. The third-order valence-electron chi connectivity index (χ3n) is 12.1. The molecule has 11 rings (SSSR count). The summed E-state index contributed by atoms with van der Waals surface area (Å²) in [5.74, 6) is -2.37. The Bertz CT molecular complexity index is 3980. The molecule has 1 heterocycles. The average Bonchev–Trinajstić information content (AvgIpc) is 3.94. The molecule has 0 saturated heterocycles. The minimum absolute atomic E-state index is 0. The zero-order chi connectivity index (χ0) is 56.8. The Morgan fingerprint density at radius 2 is 0.800 bits per heavy atom. The molecule has 0 radical (unpaired) electrons. The number of carbonyl (C=O) groups excluding carboxylic acids is 5. The van der Waals surface area contributed by atoms with E-state index < -0.39 is 18.4 Å². The molecule has 0 aliphatic heterocycles. The molecule has 3 N–H and O–H groups in total. The van der Waals surface area contributed by atoms with Crippen LogP contribution in [0.15, 0.2) is 193 Å². The van der Waals surface area contributed by atoms with Crippen molar-refractivity contribution in [1.82, 2.24) is 4.98 Å². The van der Waals surface area contributed by atoms with Gasteiger partial charge in [-0.3, -0.25) is 24.0 Å². The molecule has 406 valence electrons. The fourth-order valence-electron chi connectivity index (χ4n) is 8.38. The van der Waals surface area contributed by atoms with Gasteiger partial charge in [0.05, 0.1) is 11.5 Å². The molecule has 16 heteroatoms. The van der Waals surface area contributed by atoms with Gasteiger partial charge in [-0.1, -0.05) is 145 Å². The number of halogens is 6. The molecule has 11 aromatic rings. The van der Waals surface area contributed by atoms with Crippen molar-refractivity contribution in [2.45, 2.75) is 21.3 Å². The lowest BCUT2D eigenvalue weighted by atomic mass is 10.0. The topological polar surface area (TPSA) is 167 Å². The van der Waals surface area contributed by atoms with Gasteiger partial charge in [-0.25, -0.2) is 26.9 Å². The van der Waals surface area contributed by atoms with Crippen LogP contribution in [-0.2, 0) is 9.53 Å². The van der Waals surface area contributed by atoms with Crippen molar-refractivity contribution in [2.24, 2.45) is 0 Å². The summed E-state index contributed by atoms with van der Waals surface area (Å²) in [7, 11) is 0. The summed E-state index contributed by atoms with van der Waals surface area (Å²) >= 11 is 3.11. The number of rotatable bonds is 9. The van der Waals surface area contributed by atoms with Gasteiger partial charge in [0, 0.05) is 61.7 Å². The number of ether oxygens (including phenoxy) is 1. The molecule has 10 aromatic carbocycles. The molecule has 0 spiro atoms. The van der Waals surface area contributed by atoms with Crippen molar-refractivity contribution < 1.29 is 60.2 Å². The Labute approximate surface area is 464 Å². The van der Waals surface area contributed by atoms with E-state index in [9.17, 15) is 45.9 Å². The fourth-order valence-corrected chi connectivity index (χ4v) is 8.68. The Kier molecular flexibility index (Phi) is 20.9. The van der Waals surface area contributed by atoms with Crippen molar-refractivity contribution in [1.29, 1.82) is 0 Å². The second-order valence-corrected chi connectivity index (χ2v) is 17.7. The third kappa shape index (κ3) is 14.3. The SMILES string of the molecule is C.CC(=O)OCC(=O)c1ccc(F)c2ccccc12.CC(=O)c1ccc(F)c2ccccc12.Nc1ncc(-c2ccc(F)c3ccccc23)o1.O=C(CBr)c1ccc(F)c2ccccc12.O=C(CO)c1ccc(F)c2ccccc12. The number of ketones is 4. The van der Waals surface area contributed by atoms with Crippen LogP contribution in [0.4, 0.5) is 28.0 Å². The van der Waals surface area contributed by atoms with E-state index >= 15 is 0 Å². The van der Waals surface area contributed by atoms with Crippen molar-refractivity contribution in [3.63, 3.8) is 0 Å². The van der Waals surface area contributed by atoms with Crippen molar-refractivity contribution >= 4 is 105 Å². The molecule has 0 unspecified atom stereocenters. The van der Waals surface area contributed by atoms with Crippen molar-refractivity contribution in [2.75, 3.05) is 24.3 Å². The van der Waals surface area contributed by atoms with E-state index in [0.717, 1.165) is 10.9 Å². The number of aromatic nitrogens is 1. The van der Waals surface area contributed by atoms with Crippen LogP contribution in [0, 0.1) is 29.1 Å². The number of alkyl halides is 1. The minimum Gasteiger partial charge on any atom is -0.457 e. The molecular weight excluding hydrogens is 1100 g/mol. The molecule has 0 fully saturated rings. The number of oxazole rings is 1. The number of nitrogens with zero attached hydrogens (tertiary/aromatic N) is 1. The van der Waals surface area contributed by atoms with Gasteiger partial charge >= 0.3 is 5.97 Å². The lowest BCUT2D eigenvalue weighted by Gasteiger charge is -2.06. The van der Waals surface area contributed by atoms with Gasteiger partial charge in [-0.05, 0) is 94.5 Å². The highest BCUT2D eigenvalue weighted by atomic mass is 79.9. The average molecular weight is 1150 g/mol. The highest BCUT2D eigenvalue weighted by Crippen LogP contribution is 2.31. The Morgan fingerprint density at radius 1 is 0.475 bits per heavy atom. The fraction of sp³-hybridized carbons (Fsp3) is 0.0938. The minimum atomic E-state index is -0.560. The number of benzene rings is 10. The lowest BCUT2D eigenvalue weighted by molar-refractivity contribution is -0.139. The van der Waals surface area contributed by atoms with E-state index in [2.05, 4.69) is 25.7 Å². The van der Waals surface area contributed by atoms with Crippen molar-refractivity contribution in [3.8, 4) is 11.3 Å². The van der Waals surface area contributed by atoms with Gasteiger partial charge in [0.2, 0.25) is 5.78 Å². The third-order valence-corrected chi connectivity index (χ3v) is 12.6. The number of carbonyl (C=O) groups is 5. The first-order chi connectivity index (χ1) is 38.0. The maximum atomic E-state index is 13.6. The van der Waals surface area contributed by atoms with Gasteiger partial charge in [0.25, 0.3) is 6.01 Å². The van der Waals surface area contributed by atoms with Crippen molar-refractivity contribution in [3.05, 3.63) is 240 Å². The molecule has 0 aliphatic carbocycles. The first-order valence-electron chi connectivity index (χ1n) is 24.0. The van der Waals surface area contributed by atoms with E-state index in [1.54, 1.807) is 115 Å². The lowest BCUT2D eigenvalue weighted by Crippen LogP contribution is -2.12. The van der Waals surface area contributed by atoms with Crippen LogP contribution in [0.3, 0.4) is 0 Å². The Hall–Kier alpha value is -9.25. The number of hydrogen-bond donors (Lipinski definition) is 2. The predicted octanol–water partition coefficient (Wildman–Crippen LogP) is 15.5. The standard InChI is InChI=1S/C14H11FO3.C13H9FN2O.C12H8BrFO.C12H9FO2.C12H9FO.CH4/c1-9(16)18-8-14(17)12-6-7-13(15)11-5-3-2-4-10(11)12;14-11-6-5-10(12-7-16-13(15)17-12)8-3-1-2-4-9(8)11;13-7-12(15)10-5-6-11(14)9-4-2-1-3-8(9)10;13-11-6-5-10(12(15)7-14)8-3-1-2-4-9(8)11;1-8(14)9-6-7-12(13)11-5-3-2-4-10(9)11;/h2-7H,8H2,1H3;1-7H,(H2,15,16);1-6H,7H2;1-6,14H,7H2;2-7H,1H3;1H4. The number of nitrogens with two attached hydrogens (primary N) is 1. The number of aliphatic hydroxyl groups excluding tert-OH is 1. The van der Waals surface area contributed by atoms with Gasteiger partial charge in [0.15, 0.2) is 29.7 Å². The monoisotopic (exact) mass is 1150 g/mol.